The first-order chi connectivity index (χ1) is 10.1. The number of nitrogens with zero attached hydrogens (tertiary/aromatic N) is 1. The molecule has 3 nitrogen and oxygen atoms in total. The quantitative estimate of drug-likeness (QED) is 0.905. The minimum atomic E-state index is -0.00946. The first-order valence-corrected chi connectivity index (χ1v) is 7.43. The first kappa shape index (κ1) is 15.3. The molecule has 2 aromatic rings. The van der Waals surface area contributed by atoms with Gasteiger partial charge in [0.15, 0.2) is 0 Å². The fourth-order valence-electron chi connectivity index (χ4n) is 1.98. The van der Waals surface area contributed by atoms with Crippen LogP contribution in [0.1, 0.15) is 23.1 Å². The predicted octanol–water partition coefficient (Wildman–Crippen LogP) is 4.20. The topological polar surface area (TPSA) is 52.9 Å². The zero-order chi connectivity index (χ0) is 15.2. The minimum absolute atomic E-state index is 0.00946. The van der Waals surface area contributed by atoms with Crippen molar-refractivity contribution in [3.63, 3.8) is 0 Å². The number of carbonyl (C=O) groups excluding carboxylic acids is 1. The van der Waals surface area contributed by atoms with Crippen molar-refractivity contribution in [1.29, 1.82) is 5.26 Å². The van der Waals surface area contributed by atoms with Crippen molar-refractivity contribution in [2.45, 2.75) is 19.8 Å². The Kier molecular flexibility index (Phi) is 5.13. The molecule has 0 unspecified atom stereocenters. The van der Waals surface area contributed by atoms with Gasteiger partial charge in [-0.3, -0.25) is 4.79 Å². The standard InChI is InChI=1S/C17H15BrN2O/c1-12-10-15(18)7-8-16(12)20-17(21)9-6-13-2-4-14(11-19)5-3-13/h2-5,7-8,10H,6,9H2,1H3,(H,20,21). The fourth-order valence-corrected chi connectivity index (χ4v) is 2.46. The van der Waals surface area contributed by atoms with E-state index in [-0.39, 0.29) is 5.91 Å². The number of amides is 1. The van der Waals surface area contributed by atoms with Gasteiger partial charge in [0.2, 0.25) is 5.91 Å². The van der Waals surface area contributed by atoms with Gasteiger partial charge in [-0.05, 0) is 54.8 Å². The van der Waals surface area contributed by atoms with E-state index in [0.29, 0.717) is 18.4 Å². The number of hydrogen-bond donors (Lipinski definition) is 1. The average Bonchev–Trinajstić information content (AvgIpc) is 2.48. The van der Waals surface area contributed by atoms with Crippen LogP contribution < -0.4 is 5.32 Å². The van der Waals surface area contributed by atoms with E-state index in [2.05, 4.69) is 27.3 Å². The Morgan fingerprint density at radius 2 is 1.95 bits per heavy atom. The number of rotatable bonds is 4. The van der Waals surface area contributed by atoms with Crippen LogP contribution >= 0.6 is 15.9 Å². The number of nitriles is 1. The monoisotopic (exact) mass is 342 g/mol. The molecule has 21 heavy (non-hydrogen) atoms. The number of nitrogens with one attached hydrogen (secondary N) is 1. The van der Waals surface area contributed by atoms with E-state index in [1.54, 1.807) is 12.1 Å². The SMILES string of the molecule is Cc1cc(Br)ccc1NC(=O)CCc1ccc(C#N)cc1. The fraction of sp³-hybridized carbons (Fsp3) is 0.176. The molecule has 0 saturated carbocycles. The Bertz CT molecular complexity index is 687. The highest BCUT2D eigenvalue weighted by Gasteiger charge is 2.05. The highest BCUT2D eigenvalue weighted by molar-refractivity contribution is 9.10. The summed E-state index contributed by atoms with van der Waals surface area (Å²) >= 11 is 3.40. The number of aryl methyl sites for hydroxylation is 2. The lowest BCUT2D eigenvalue weighted by Gasteiger charge is -2.08. The highest BCUT2D eigenvalue weighted by atomic mass is 79.9. The summed E-state index contributed by atoms with van der Waals surface area (Å²) < 4.78 is 0.996. The minimum Gasteiger partial charge on any atom is -0.326 e. The van der Waals surface area contributed by atoms with Crippen molar-refractivity contribution >= 4 is 27.5 Å². The van der Waals surface area contributed by atoms with Crippen molar-refractivity contribution in [2.75, 3.05) is 5.32 Å². The van der Waals surface area contributed by atoms with E-state index in [0.717, 1.165) is 21.3 Å². The molecule has 0 spiro atoms. The third kappa shape index (κ3) is 4.44. The Labute approximate surface area is 132 Å². The van der Waals surface area contributed by atoms with Gasteiger partial charge in [-0.15, -0.1) is 0 Å². The van der Waals surface area contributed by atoms with Gasteiger partial charge >= 0.3 is 0 Å². The number of hydrogen-bond acceptors (Lipinski definition) is 2. The molecule has 0 aliphatic carbocycles. The van der Waals surface area contributed by atoms with Gasteiger partial charge in [-0.25, -0.2) is 0 Å². The van der Waals surface area contributed by atoms with E-state index in [4.69, 9.17) is 5.26 Å². The lowest BCUT2D eigenvalue weighted by molar-refractivity contribution is -0.116. The van der Waals surface area contributed by atoms with Gasteiger partial charge in [0.05, 0.1) is 11.6 Å². The third-order valence-electron chi connectivity index (χ3n) is 3.19. The summed E-state index contributed by atoms with van der Waals surface area (Å²) in [5, 5.41) is 11.7. The summed E-state index contributed by atoms with van der Waals surface area (Å²) in [6, 6.07) is 15.2. The second-order valence-corrected chi connectivity index (χ2v) is 5.73. The smallest absolute Gasteiger partial charge is 0.224 e. The van der Waals surface area contributed by atoms with Crippen LogP contribution in [0.25, 0.3) is 0 Å². The lowest BCUT2D eigenvalue weighted by Crippen LogP contribution is -2.13. The number of benzene rings is 2. The van der Waals surface area contributed by atoms with Crippen LogP contribution in [0.2, 0.25) is 0 Å². The van der Waals surface area contributed by atoms with Crippen molar-refractivity contribution in [2.24, 2.45) is 0 Å². The Morgan fingerprint density at radius 1 is 1.24 bits per heavy atom. The van der Waals surface area contributed by atoms with Gasteiger partial charge in [0.1, 0.15) is 0 Å². The highest BCUT2D eigenvalue weighted by Crippen LogP contribution is 2.20. The molecule has 0 saturated heterocycles. The molecule has 0 aliphatic rings. The summed E-state index contributed by atoms with van der Waals surface area (Å²) in [6.07, 6.45) is 1.08. The molecule has 1 amide bonds. The van der Waals surface area contributed by atoms with E-state index in [1.807, 2.05) is 37.3 Å². The third-order valence-corrected chi connectivity index (χ3v) is 3.68. The molecule has 0 aliphatic heterocycles. The Balaban J connectivity index is 1.91. The maximum Gasteiger partial charge on any atom is 0.224 e. The molecule has 1 N–H and O–H groups in total. The lowest BCUT2D eigenvalue weighted by atomic mass is 10.1. The molecule has 0 fully saturated rings. The van der Waals surface area contributed by atoms with Gasteiger partial charge < -0.3 is 5.32 Å². The van der Waals surface area contributed by atoms with Crippen LogP contribution in [0.4, 0.5) is 5.69 Å². The normalized spacial score (nSPS) is 9.95. The molecule has 2 aromatic carbocycles. The molecular formula is C17H15BrN2O. The van der Waals surface area contributed by atoms with Crippen molar-refractivity contribution < 1.29 is 4.79 Å². The molecule has 0 bridgehead atoms. The maximum absolute atomic E-state index is 12.0. The zero-order valence-electron chi connectivity index (χ0n) is 11.7. The van der Waals surface area contributed by atoms with E-state index in [9.17, 15) is 4.79 Å². The summed E-state index contributed by atoms with van der Waals surface area (Å²) in [5.74, 6) is -0.00946. The maximum atomic E-state index is 12.0. The number of anilines is 1. The summed E-state index contributed by atoms with van der Waals surface area (Å²) in [4.78, 5) is 12.0. The molecule has 2 rings (SSSR count). The first-order valence-electron chi connectivity index (χ1n) is 6.63. The Morgan fingerprint density at radius 3 is 2.57 bits per heavy atom. The molecule has 106 valence electrons. The van der Waals surface area contributed by atoms with Gasteiger partial charge in [0.25, 0.3) is 0 Å². The molecule has 0 radical (unpaired) electrons. The van der Waals surface area contributed by atoms with Crippen LogP contribution in [0.15, 0.2) is 46.9 Å². The number of halogens is 1. The van der Waals surface area contributed by atoms with Crippen molar-refractivity contribution in [3.8, 4) is 6.07 Å². The van der Waals surface area contributed by atoms with Gasteiger partial charge in [0, 0.05) is 16.6 Å². The zero-order valence-corrected chi connectivity index (χ0v) is 13.3. The Hall–Kier alpha value is -2.12. The van der Waals surface area contributed by atoms with Crippen molar-refractivity contribution in [3.05, 3.63) is 63.6 Å². The average molecular weight is 343 g/mol. The van der Waals surface area contributed by atoms with Crippen LogP contribution in [-0.2, 0) is 11.2 Å². The van der Waals surface area contributed by atoms with E-state index >= 15 is 0 Å². The number of carbonyl (C=O) groups is 1. The van der Waals surface area contributed by atoms with Crippen LogP contribution in [0.5, 0.6) is 0 Å². The van der Waals surface area contributed by atoms with Gasteiger partial charge in [-0.1, -0.05) is 28.1 Å². The summed E-state index contributed by atoms with van der Waals surface area (Å²) in [5.41, 5.74) is 3.55. The molecule has 0 atom stereocenters. The second kappa shape index (κ2) is 7.05. The van der Waals surface area contributed by atoms with Crippen molar-refractivity contribution in [1.82, 2.24) is 0 Å². The van der Waals surface area contributed by atoms with Crippen LogP contribution in [0.3, 0.4) is 0 Å². The molecular weight excluding hydrogens is 328 g/mol. The molecule has 0 aromatic heterocycles. The second-order valence-electron chi connectivity index (χ2n) is 4.82. The van der Waals surface area contributed by atoms with E-state index < -0.39 is 0 Å². The molecule has 0 heterocycles. The summed E-state index contributed by atoms with van der Waals surface area (Å²) in [6.45, 7) is 1.96. The summed E-state index contributed by atoms with van der Waals surface area (Å²) in [7, 11) is 0. The van der Waals surface area contributed by atoms with Gasteiger partial charge in [-0.2, -0.15) is 5.26 Å². The van der Waals surface area contributed by atoms with Crippen LogP contribution in [-0.4, -0.2) is 5.91 Å². The predicted molar refractivity (Wildman–Crippen MR) is 87.0 cm³/mol. The van der Waals surface area contributed by atoms with E-state index in [1.165, 1.54) is 0 Å². The molecule has 4 heteroatoms. The largest absolute Gasteiger partial charge is 0.326 e. The van der Waals surface area contributed by atoms with Crippen LogP contribution in [0, 0.1) is 18.3 Å².